The second kappa shape index (κ2) is 9.12. The van der Waals surface area contributed by atoms with Crippen LogP contribution in [-0.4, -0.2) is 44.2 Å². The van der Waals surface area contributed by atoms with E-state index < -0.39 is 12.1 Å². The molecule has 1 aliphatic heterocycles. The molecular weight excluding hydrogens is 421 g/mol. The van der Waals surface area contributed by atoms with Gasteiger partial charge in [-0.15, -0.1) is 0 Å². The van der Waals surface area contributed by atoms with E-state index in [0.29, 0.717) is 45.3 Å². The molecule has 2 aromatic rings. The molecule has 0 spiro atoms. The van der Waals surface area contributed by atoms with Crippen LogP contribution in [0.1, 0.15) is 49.8 Å². The van der Waals surface area contributed by atoms with Crippen molar-refractivity contribution in [1.29, 1.82) is 0 Å². The summed E-state index contributed by atoms with van der Waals surface area (Å²) in [5.41, 5.74) is 4.36. The molecule has 3 heterocycles. The van der Waals surface area contributed by atoms with E-state index in [1.165, 1.54) is 5.56 Å². The van der Waals surface area contributed by atoms with E-state index in [4.69, 9.17) is 0 Å². The standard InChI is InChI=1S/C26H30FN3O3/c27-20-9-5-18(6-10-20)15-30-23-16-29(13-11-21(23)22-2-1-12-28-25(22)30)24(31)14-17-3-7-19(8-4-17)26(32)33/h1-2,5-6,9,12,17,19-20H,3-4,7-8,10-11,13-16H2,(H,32,33). The van der Waals surface area contributed by atoms with Gasteiger partial charge in [0.15, 0.2) is 0 Å². The third-order valence-electron chi connectivity index (χ3n) is 7.49. The van der Waals surface area contributed by atoms with Crippen molar-refractivity contribution in [2.75, 3.05) is 6.54 Å². The minimum Gasteiger partial charge on any atom is -0.481 e. The molecule has 1 N–H and O–H groups in total. The maximum absolute atomic E-state index is 13.5. The number of carboxylic acids is 1. The van der Waals surface area contributed by atoms with Gasteiger partial charge in [-0.05, 0) is 61.3 Å². The van der Waals surface area contributed by atoms with Crippen molar-refractivity contribution < 1.29 is 19.1 Å². The lowest BCUT2D eigenvalue weighted by atomic mass is 9.80. The van der Waals surface area contributed by atoms with Gasteiger partial charge in [-0.2, -0.15) is 0 Å². The Bertz CT molecular complexity index is 1130. The number of hydrogen-bond acceptors (Lipinski definition) is 3. The van der Waals surface area contributed by atoms with Gasteiger partial charge in [0.1, 0.15) is 11.8 Å². The van der Waals surface area contributed by atoms with Crippen LogP contribution in [-0.2, 0) is 29.1 Å². The number of carboxylic acid groups (broad SMARTS) is 1. The number of rotatable bonds is 5. The molecule has 1 fully saturated rings. The zero-order chi connectivity index (χ0) is 22.9. The van der Waals surface area contributed by atoms with E-state index in [-0.39, 0.29) is 17.7 Å². The molecule has 0 aromatic carbocycles. The number of hydrogen-bond donors (Lipinski definition) is 1. The minimum atomic E-state index is -0.916. The van der Waals surface area contributed by atoms with Crippen molar-refractivity contribution in [2.45, 2.75) is 64.2 Å². The van der Waals surface area contributed by atoms with E-state index in [1.54, 1.807) is 12.3 Å². The van der Waals surface area contributed by atoms with Crippen LogP contribution in [0.15, 0.2) is 42.1 Å². The summed E-state index contributed by atoms with van der Waals surface area (Å²) in [7, 11) is 0. The Labute approximate surface area is 192 Å². The van der Waals surface area contributed by atoms with Crippen molar-refractivity contribution in [2.24, 2.45) is 11.8 Å². The largest absolute Gasteiger partial charge is 0.481 e. The molecule has 1 amide bonds. The smallest absolute Gasteiger partial charge is 0.306 e. The van der Waals surface area contributed by atoms with Crippen molar-refractivity contribution >= 4 is 22.9 Å². The van der Waals surface area contributed by atoms with E-state index in [9.17, 15) is 19.1 Å². The van der Waals surface area contributed by atoms with Crippen LogP contribution in [0.5, 0.6) is 0 Å². The Morgan fingerprint density at radius 3 is 2.76 bits per heavy atom. The zero-order valence-electron chi connectivity index (χ0n) is 18.8. The summed E-state index contributed by atoms with van der Waals surface area (Å²) in [5, 5.41) is 10.3. The number of aromatic nitrogens is 2. The van der Waals surface area contributed by atoms with Gasteiger partial charge >= 0.3 is 5.97 Å². The fourth-order valence-electron chi connectivity index (χ4n) is 5.57. The number of alkyl halides is 1. The summed E-state index contributed by atoms with van der Waals surface area (Å²) in [5.74, 6) is -0.544. The van der Waals surface area contributed by atoms with Crippen LogP contribution in [0.2, 0.25) is 0 Å². The Kier molecular flexibility index (Phi) is 6.04. The lowest BCUT2D eigenvalue weighted by Crippen LogP contribution is -2.38. The third-order valence-corrected chi connectivity index (χ3v) is 7.49. The third kappa shape index (κ3) is 4.45. The molecule has 1 atom stereocenters. The van der Waals surface area contributed by atoms with Crippen molar-refractivity contribution in [3.05, 3.63) is 53.4 Å². The Balaban J connectivity index is 1.33. The molecule has 0 bridgehead atoms. The zero-order valence-corrected chi connectivity index (χ0v) is 18.8. The van der Waals surface area contributed by atoms with E-state index in [1.807, 2.05) is 23.1 Å². The molecular formula is C26H30FN3O3. The first-order valence-electron chi connectivity index (χ1n) is 12.0. The first kappa shape index (κ1) is 21.9. The van der Waals surface area contributed by atoms with Crippen molar-refractivity contribution in [1.82, 2.24) is 14.5 Å². The molecule has 0 saturated heterocycles. The highest BCUT2D eigenvalue weighted by Gasteiger charge is 2.31. The molecule has 6 nitrogen and oxygen atoms in total. The lowest BCUT2D eigenvalue weighted by molar-refractivity contribution is -0.143. The summed E-state index contributed by atoms with van der Waals surface area (Å²) in [4.78, 5) is 31.0. The molecule has 5 rings (SSSR count). The van der Waals surface area contributed by atoms with Crippen LogP contribution >= 0.6 is 0 Å². The lowest BCUT2D eigenvalue weighted by Gasteiger charge is -2.31. The van der Waals surface area contributed by atoms with Gasteiger partial charge in [-0.3, -0.25) is 9.59 Å². The highest BCUT2D eigenvalue weighted by molar-refractivity contribution is 5.84. The van der Waals surface area contributed by atoms with Crippen LogP contribution in [0.4, 0.5) is 4.39 Å². The van der Waals surface area contributed by atoms with Crippen LogP contribution in [0.25, 0.3) is 11.0 Å². The van der Waals surface area contributed by atoms with Crippen LogP contribution in [0, 0.1) is 11.8 Å². The summed E-state index contributed by atoms with van der Waals surface area (Å²) >= 11 is 0. The number of halogens is 1. The number of nitrogens with zero attached hydrogens (tertiary/aromatic N) is 3. The number of carbonyl (C=O) groups is 2. The highest BCUT2D eigenvalue weighted by Crippen LogP contribution is 2.34. The average molecular weight is 452 g/mol. The summed E-state index contributed by atoms with van der Waals surface area (Å²) in [6, 6.07) is 4.05. The number of carbonyl (C=O) groups excluding carboxylic acids is 1. The number of amides is 1. The molecule has 2 aliphatic carbocycles. The molecule has 7 heteroatoms. The number of aliphatic carboxylic acids is 1. The average Bonchev–Trinajstić information content (AvgIpc) is 3.14. The van der Waals surface area contributed by atoms with Crippen LogP contribution in [0.3, 0.4) is 0 Å². The number of pyridine rings is 1. The highest BCUT2D eigenvalue weighted by atomic mass is 19.1. The predicted molar refractivity (Wildman–Crippen MR) is 123 cm³/mol. The number of allylic oxidation sites excluding steroid dienone is 4. The first-order chi connectivity index (χ1) is 16.0. The monoisotopic (exact) mass is 451 g/mol. The quantitative estimate of drug-likeness (QED) is 0.730. The first-order valence-corrected chi connectivity index (χ1v) is 12.0. The van der Waals surface area contributed by atoms with Gasteiger partial charge < -0.3 is 14.6 Å². The Hall–Kier alpha value is -2.96. The normalized spacial score (nSPS) is 25.1. The maximum Gasteiger partial charge on any atom is 0.306 e. The second-order valence-electron chi connectivity index (χ2n) is 9.60. The molecule has 2 aromatic heterocycles. The summed E-state index contributed by atoms with van der Waals surface area (Å²) < 4.78 is 15.7. The fraction of sp³-hybridized carbons (Fsp3) is 0.500. The van der Waals surface area contributed by atoms with Crippen molar-refractivity contribution in [3.8, 4) is 0 Å². The maximum atomic E-state index is 13.5. The van der Waals surface area contributed by atoms with Gasteiger partial charge in [0.2, 0.25) is 5.91 Å². The van der Waals surface area contributed by atoms with E-state index in [0.717, 1.165) is 41.6 Å². The van der Waals surface area contributed by atoms with Gasteiger partial charge in [0.05, 0.1) is 12.5 Å². The summed E-state index contributed by atoms with van der Waals surface area (Å²) in [6.45, 7) is 1.86. The molecule has 174 valence electrons. The van der Waals surface area contributed by atoms with Crippen LogP contribution < -0.4 is 0 Å². The summed E-state index contributed by atoms with van der Waals surface area (Å²) in [6.07, 6.45) is 10.9. The predicted octanol–water partition coefficient (Wildman–Crippen LogP) is 4.43. The minimum absolute atomic E-state index is 0.154. The van der Waals surface area contributed by atoms with Gasteiger partial charge in [-0.25, -0.2) is 9.37 Å². The molecule has 3 aliphatic rings. The molecule has 1 unspecified atom stereocenters. The van der Waals surface area contributed by atoms with Gasteiger partial charge in [-0.1, -0.05) is 18.2 Å². The molecule has 0 radical (unpaired) electrons. The van der Waals surface area contributed by atoms with E-state index in [2.05, 4.69) is 15.6 Å². The topological polar surface area (TPSA) is 75.4 Å². The Morgan fingerprint density at radius 1 is 1.21 bits per heavy atom. The Morgan fingerprint density at radius 2 is 2.03 bits per heavy atom. The van der Waals surface area contributed by atoms with E-state index >= 15 is 0 Å². The molecule has 1 saturated carbocycles. The SMILES string of the molecule is O=C(O)C1CCC(CC(=O)N2CCc3c(n(CC4=CCC(F)C=C4)c4ncccc34)C2)CC1. The van der Waals surface area contributed by atoms with Crippen molar-refractivity contribution in [3.63, 3.8) is 0 Å². The van der Waals surface area contributed by atoms with Gasteiger partial charge in [0.25, 0.3) is 0 Å². The van der Waals surface area contributed by atoms with Gasteiger partial charge in [0, 0.05) is 43.2 Å². The second-order valence-corrected chi connectivity index (χ2v) is 9.60. The molecule has 33 heavy (non-hydrogen) atoms. The number of fused-ring (bicyclic) bond motifs is 3. The fourth-order valence-corrected chi connectivity index (χ4v) is 5.57.